The van der Waals surface area contributed by atoms with Crippen LogP contribution >= 0.6 is 0 Å². The Morgan fingerprint density at radius 3 is 2.35 bits per heavy atom. The van der Waals surface area contributed by atoms with Crippen LogP contribution in [0.4, 0.5) is 0 Å². The van der Waals surface area contributed by atoms with Crippen LogP contribution in [0.25, 0.3) is 0 Å². The molecule has 0 fully saturated rings. The molecule has 0 aromatic heterocycles. The molecular formula is C12H15N2O5S-. The van der Waals surface area contributed by atoms with Crippen molar-refractivity contribution >= 4 is 21.9 Å². The molecule has 0 bridgehead atoms. The minimum Gasteiger partial charge on any atom is -0.548 e. The maximum atomic E-state index is 11.9. The number of nitrogens with one attached hydrogen (secondary N) is 2. The molecule has 2 N–H and O–H groups in total. The van der Waals surface area contributed by atoms with Crippen molar-refractivity contribution in [3.05, 3.63) is 29.3 Å². The van der Waals surface area contributed by atoms with Gasteiger partial charge in [0.25, 0.3) is 0 Å². The Labute approximate surface area is 117 Å². The van der Waals surface area contributed by atoms with Crippen LogP contribution in [0, 0.1) is 13.8 Å². The molecule has 0 aliphatic carbocycles. The van der Waals surface area contributed by atoms with Crippen LogP contribution < -0.4 is 15.1 Å². The predicted molar refractivity (Wildman–Crippen MR) is 69.1 cm³/mol. The van der Waals surface area contributed by atoms with Crippen LogP contribution in [0.1, 0.15) is 11.1 Å². The lowest BCUT2D eigenvalue weighted by molar-refractivity contribution is -0.304. The van der Waals surface area contributed by atoms with Gasteiger partial charge in [-0.15, -0.1) is 0 Å². The molecule has 0 spiro atoms. The van der Waals surface area contributed by atoms with E-state index in [0.717, 1.165) is 11.1 Å². The van der Waals surface area contributed by atoms with Crippen molar-refractivity contribution in [1.29, 1.82) is 0 Å². The van der Waals surface area contributed by atoms with Crippen molar-refractivity contribution in [3.63, 3.8) is 0 Å². The third-order valence-corrected chi connectivity index (χ3v) is 4.04. The summed E-state index contributed by atoms with van der Waals surface area (Å²) in [5.41, 5.74) is 1.77. The first kappa shape index (κ1) is 16.1. The van der Waals surface area contributed by atoms with E-state index in [0.29, 0.717) is 0 Å². The summed E-state index contributed by atoms with van der Waals surface area (Å²) in [7, 11) is -3.81. The Morgan fingerprint density at radius 2 is 1.80 bits per heavy atom. The highest BCUT2D eigenvalue weighted by Crippen LogP contribution is 2.14. The summed E-state index contributed by atoms with van der Waals surface area (Å²) in [5.74, 6) is -2.20. The van der Waals surface area contributed by atoms with Gasteiger partial charge in [0.2, 0.25) is 15.9 Å². The Bertz CT molecular complexity index is 625. The highest BCUT2D eigenvalue weighted by atomic mass is 32.2. The van der Waals surface area contributed by atoms with E-state index in [9.17, 15) is 23.1 Å². The van der Waals surface area contributed by atoms with E-state index in [2.05, 4.69) is 4.72 Å². The number of rotatable bonds is 6. The molecule has 0 unspecified atom stereocenters. The van der Waals surface area contributed by atoms with Gasteiger partial charge in [0.1, 0.15) is 0 Å². The number of hydrogen-bond donors (Lipinski definition) is 2. The van der Waals surface area contributed by atoms with E-state index in [1.54, 1.807) is 13.0 Å². The van der Waals surface area contributed by atoms with Crippen molar-refractivity contribution in [3.8, 4) is 0 Å². The number of carbonyl (C=O) groups is 2. The van der Waals surface area contributed by atoms with Crippen LogP contribution in [0.5, 0.6) is 0 Å². The van der Waals surface area contributed by atoms with E-state index < -0.39 is 35.0 Å². The van der Waals surface area contributed by atoms with Gasteiger partial charge < -0.3 is 15.2 Å². The van der Waals surface area contributed by atoms with Crippen LogP contribution in [0.15, 0.2) is 23.1 Å². The Balaban J connectivity index is 2.68. The average Bonchev–Trinajstić information content (AvgIpc) is 2.37. The Hall–Kier alpha value is -1.93. The molecule has 0 aliphatic rings. The smallest absolute Gasteiger partial charge is 0.241 e. The van der Waals surface area contributed by atoms with Gasteiger partial charge in [-0.1, -0.05) is 6.07 Å². The molecule has 0 radical (unpaired) electrons. The molecule has 1 aromatic rings. The zero-order valence-electron chi connectivity index (χ0n) is 11.1. The summed E-state index contributed by atoms with van der Waals surface area (Å²) in [6, 6.07) is 4.60. The number of amides is 1. The second-order valence-corrected chi connectivity index (χ2v) is 5.99. The molecule has 1 amide bonds. The number of carbonyl (C=O) groups excluding carboxylic acids is 2. The summed E-state index contributed by atoms with van der Waals surface area (Å²) in [6.45, 7) is 2.43. The van der Waals surface area contributed by atoms with Crippen molar-refractivity contribution in [2.45, 2.75) is 18.7 Å². The van der Waals surface area contributed by atoms with Gasteiger partial charge in [0.05, 0.1) is 24.0 Å². The van der Waals surface area contributed by atoms with Gasteiger partial charge in [0, 0.05) is 0 Å². The van der Waals surface area contributed by atoms with Gasteiger partial charge in [-0.25, -0.2) is 13.1 Å². The van der Waals surface area contributed by atoms with Crippen LogP contribution in [0.3, 0.4) is 0 Å². The van der Waals surface area contributed by atoms with Crippen molar-refractivity contribution in [2.75, 3.05) is 13.1 Å². The van der Waals surface area contributed by atoms with Crippen LogP contribution in [-0.4, -0.2) is 33.4 Å². The van der Waals surface area contributed by atoms with Gasteiger partial charge in [-0.3, -0.25) is 4.79 Å². The Morgan fingerprint density at radius 1 is 1.15 bits per heavy atom. The highest BCUT2D eigenvalue weighted by Gasteiger charge is 2.15. The summed E-state index contributed by atoms with van der Waals surface area (Å²) < 4.78 is 25.9. The molecule has 0 atom stereocenters. The highest BCUT2D eigenvalue weighted by molar-refractivity contribution is 7.89. The molecule has 1 aromatic carbocycles. The number of carboxylic acid groups (broad SMARTS) is 1. The molecule has 0 heterocycles. The number of carboxylic acids is 1. The lowest BCUT2D eigenvalue weighted by Crippen LogP contribution is -2.42. The fraction of sp³-hybridized carbons (Fsp3) is 0.333. The molecule has 1 rings (SSSR count). The monoisotopic (exact) mass is 299 g/mol. The minimum atomic E-state index is -3.81. The van der Waals surface area contributed by atoms with Crippen molar-refractivity contribution in [1.82, 2.24) is 10.0 Å². The summed E-state index contributed by atoms with van der Waals surface area (Å²) >= 11 is 0. The predicted octanol–water partition coefficient (Wildman–Crippen LogP) is -1.55. The zero-order valence-corrected chi connectivity index (χ0v) is 11.9. The molecule has 7 nitrogen and oxygen atoms in total. The standard InChI is InChI=1S/C12H16N2O5S/c1-8-3-4-10(5-9(8)2)20(18,19)14-6-11(15)13-7-12(16)17/h3-5,14H,6-7H2,1-2H3,(H,13,15)(H,16,17)/p-1. The van der Waals surface area contributed by atoms with Crippen LogP contribution in [-0.2, 0) is 19.6 Å². The maximum Gasteiger partial charge on any atom is 0.241 e. The second kappa shape index (κ2) is 6.49. The van der Waals surface area contributed by atoms with E-state index in [4.69, 9.17) is 0 Å². The van der Waals surface area contributed by atoms with Gasteiger partial charge in [-0.05, 0) is 37.1 Å². The first-order valence-corrected chi connectivity index (χ1v) is 7.24. The number of benzene rings is 1. The molecule has 0 saturated carbocycles. The fourth-order valence-electron chi connectivity index (χ4n) is 1.36. The fourth-order valence-corrected chi connectivity index (χ4v) is 2.43. The average molecular weight is 299 g/mol. The van der Waals surface area contributed by atoms with E-state index >= 15 is 0 Å². The van der Waals surface area contributed by atoms with Gasteiger partial charge in [-0.2, -0.15) is 0 Å². The normalized spacial score (nSPS) is 11.1. The molecule has 110 valence electrons. The summed E-state index contributed by atoms with van der Waals surface area (Å²) in [5, 5.41) is 12.1. The minimum absolute atomic E-state index is 0.0494. The maximum absolute atomic E-state index is 11.9. The van der Waals surface area contributed by atoms with Crippen molar-refractivity contribution < 1.29 is 23.1 Å². The van der Waals surface area contributed by atoms with E-state index in [1.165, 1.54) is 12.1 Å². The van der Waals surface area contributed by atoms with Gasteiger partial charge in [0.15, 0.2) is 0 Å². The molecule has 8 heteroatoms. The number of sulfonamides is 1. The third-order valence-electron chi connectivity index (χ3n) is 2.64. The zero-order chi connectivity index (χ0) is 15.3. The second-order valence-electron chi connectivity index (χ2n) is 4.22. The SMILES string of the molecule is Cc1ccc(S(=O)(=O)NCC(=O)NCC(=O)[O-])cc1C. The quantitative estimate of drug-likeness (QED) is 0.659. The molecule has 0 aliphatic heterocycles. The number of aryl methyl sites for hydroxylation is 2. The molecule has 20 heavy (non-hydrogen) atoms. The largest absolute Gasteiger partial charge is 0.548 e. The number of hydrogen-bond acceptors (Lipinski definition) is 5. The van der Waals surface area contributed by atoms with Crippen molar-refractivity contribution in [2.24, 2.45) is 0 Å². The topological polar surface area (TPSA) is 115 Å². The molecule has 0 saturated heterocycles. The Kier molecular flexibility index (Phi) is 5.23. The summed E-state index contributed by atoms with van der Waals surface area (Å²) in [4.78, 5) is 21.4. The first-order chi connectivity index (χ1) is 9.22. The van der Waals surface area contributed by atoms with E-state index in [1.807, 2.05) is 12.2 Å². The lowest BCUT2D eigenvalue weighted by atomic mass is 10.1. The molecular weight excluding hydrogens is 284 g/mol. The lowest BCUT2D eigenvalue weighted by Gasteiger charge is -2.09. The van der Waals surface area contributed by atoms with Gasteiger partial charge >= 0.3 is 0 Å². The first-order valence-electron chi connectivity index (χ1n) is 5.76. The van der Waals surface area contributed by atoms with E-state index in [-0.39, 0.29) is 4.90 Å². The number of aliphatic carboxylic acids is 1. The third kappa shape index (κ3) is 4.63. The summed E-state index contributed by atoms with van der Waals surface area (Å²) in [6.07, 6.45) is 0. The van der Waals surface area contributed by atoms with Crippen LogP contribution in [0.2, 0.25) is 0 Å².